The van der Waals surface area contributed by atoms with Gasteiger partial charge in [0, 0.05) is 6.54 Å². The highest BCUT2D eigenvalue weighted by atomic mass is 14.9. The predicted octanol–water partition coefficient (Wildman–Crippen LogP) is 4.23. The number of rotatable bonds is 7. The van der Waals surface area contributed by atoms with Crippen LogP contribution in [0.2, 0.25) is 0 Å². The zero-order chi connectivity index (χ0) is 12.2. The average Bonchev–Trinajstić information content (AvgIpc) is 2.97. The Morgan fingerprint density at radius 1 is 1.06 bits per heavy atom. The molecule has 1 aliphatic rings. The molecule has 1 heteroatoms. The molecule has 1 nitrogen and oxygen atoms in total. The van der Waals surface area contributed by atoms with Crippen molar-refractivity contribution >= 4 is 0 Å². The van der Waals surface area contributed by atoms with Crippen LogP contribution in [0.4, 0.5) is 0 Å². The van der Waals surface area contributed by atoms with Gasteiger partial charge in [0.1, 0.15) is 0 Å². The summed E-state index contributed by atoms with van der Waals surface area (Å²) >= 11 is 0. The monoisotopic (exact) mass is 225 g/mol. The molecule has 0 aliphatic heterocycles. The highest BCUT2D eigenvalue weighted by Crippen LogP contribution is 2.49. The van der Waals surface area contributed by atoms with Crippen LogP contribution in [0.25, 0.3) is 0 Å². The van der Waals surface area contributed by atoms with Gasteiger partial charge in [-0.15, -0.1) is 0 Å². The lowest BCUT2D eigenvalue weighted by molar-refractivity contribution is 0.195. The fourth-order valence-corrected chi connectivity index (χ4v) is 2.43. The van der Waals surface area contributed by atoms with Crippen LogP contribution in [0, 0.1) is 16.7 Å². The van der Waals surface area contributed by atoms with E-state index in [-0.39, 0.29) is 0 Å². The van der Waals surface area contributed by atoms with Crippen molar-refractivity contribution < 1.29 is 0 Å². The van der Waals surface area contributed by atoms with E-state index in [4.69, 9.17) is 0 Å². The summed E-state index contributed by atoms with van der Waals surface area (Å²) < 4.78 is 0. The third kappa shape index (κ3) is 4.86. The van der Waals surface area contributed by atoms with Crippen LogP contribution in [-0.2, 0) is 0 Å². The van der Waals surface area contributed by atoms with Crippen molar-refractivity contribution in [3.8, 4) is 0 Å². The Balaban J connectivity index is 2.38. The van der Waals surface area contributed by atoms with Crippen LogP contribution in [0.5, 0.6) is 0 Å². The number of hydrogen-bond acceptors (Lipinski definition) is 1. The van der Waals surface area contributed by atoms with Crippen molar-refractivity contribution in [1.29, 1.82) is 0 Å². The zero-order valence-corrected chi connectivity index (χ0v) is 12.0. The van der Waals surface area contributed by atoms with Gasteiger partial charge in [0.15, 0.2) is 0 Å². The summed E-state index contributed by atoms with van der Waals surface area (Å²) in [4.78, 5) is 0. The van der Waals surface area contributed by atoms with Crippen LogP contribution in [-0.4, -0.2) is 13.1 Å². The van der Waals surface area contributed by atoms with Crippen molar-refractivity contribution in [2.45, 2.75) is 66.7 Å². The van der Waals surface area contributed by atoms with Crippen LogP contribution in [0.1, 0.15) is 66.7 Å². The maximum absolute atomic E-state index is 3.63. The second-order valence-corrected chi connectivity index (χ2v) is 7.17. The SMILES string of the molecule is CCCNCC(C)(CCC(C)(C)C)C1CC1. The molecule has 1 atom stereocenters. The molecule has 0 saturated heterocycles. The smallest absolute Gasteiger partial charge is 0.000782 e. The van der Waals surface area contributed by atoms with Crippen molar-refractivity contribution in [2.24, 2.45) is 16.7 Å². The number of hydrogen-bond donors (Lipinski definition) is 1. The molecule has 0 heterocycles. The van der Waals surface area contributed by atoms with Crippen LogP contribution in [0.3, 0.4) is 0 Å². The molecule has 1 saturated carbocycles. The van der Waals surface area contributed by atoms with Gasteiger partial charge in [-0.2, -0.15) is 0 Å². The maximum Gasteiger partial charge on any atom is 0.000782 e. The summed E-state index contributed by atoms with van der Waals surface area (Å²) in [6.07, 6.45) is 6.93. The Kier molecular flexibility index (Phi) is 4.85. The first-order valence-corrected chi connectivity index (χ1v) is 7.08. The quantitative estimate of drug-likeness (QED) is 0.639. The summed E-state index contributed by atoms with van der Waals surface area (Å²) in [5, 5.41) is 3.63. The maximum atomic E-state index is 3.63. The lowest BCUT2D eigenvalue weighted by Gasteiger charge is -2.33. The lowest BCUT2D eigenvalue weighted by Crippen LogP contribution is -2.35. The molecular weight excluding hydrogens is 194 g/mol. The van der Waals surface area contributed by atoms with Crippen molar-refractivity contribution in [3.63, 3.8) is 0 Å². The van der Waals surface area contributed by atoms with Gasteiger partial charge in [0.05, 0.1) is 0 Å². The second-order valence-electron chi connectivity index (χ2n) is 7.17. The molecule has 0 bridgehead atoms. The van der Waals surface area contributed by atoms with E-state index < -0.39 is 0 Å². The Morgan fingerprint density at radius 2 is 1.69 bits per heavy atom. The lowest BCUT2D eigenvalue weighted by atomic mass is 9.75. The minimum atomic E-state index is 0.487. The normalized spacial score (nSPS) is 20.8. The molecule has 96 valence electrons. The average molecular weight is 225 g/mol. The highest BCUT2D eigenvalue weighted by molar-refractivity contribution is 4.93. The van der Waals surface area contributed by atoms with Gasteiger partial charge in [-0.3, -0.25) is 0 Å². The first-order chi connectivity index (χ1) is 7.37. The Labute approximate surface area is 102 Å². The molecule has 0 aromatic rings. The van der Waals surface area contributed by atoms with Crippen LogP contribution in [0.15, 0.2) is 0 Å². The highest BCUT2D eigenvalue weighted by Gasteiger charge is 2.41. The molecule has 1 rings (SSSR count). The van der Waals surface area contributed by atoms with E-state index in [1.54, 1.807) is 0 Å². The standard InChI is InChI=1S/C15H31N/c1-6-11-16-12-15(5,13-7-8-13)10-9-14(2,3)4/h13,16H,6-12H2,1-5H3. The minimum Gasteiger partial charge on any atom is -0.316 e. The number of nitrogens with one attached hydrogen (secondary N) is 1. The molecule has 1 fully saturated rings. The summed E-state index contributed by atoms with van der Waals surface area (Å²) in [6.45, 7) is 14.2. The molecule has 0 spiro atoms. The van der Waals surface area contributed by atoms with E-state index in [0.29, 0.717) is 10.8 Å². The van der Waals surface area contributed by atoms with Gasteiger partial charge >= 0.3 is 0 Å². The fourth-order valence-electron chi connectivity index (χ4n) is 2.43. The minimum absolute atomic E-state index is 0.487. The summed E-state index contributed by atoms with van der Waals surface area (Å²) in [7, 11) is 0. The zero-order valence-electron chi connectivity index (χ0n) is 12.0. The van der Waals surface area contributed by atoms with E-state index in [0.717, 1.165) is 5.92 Å². The molecule has 16 heavy (non-hydrogen) atoms. The summed E-state index contributed by atoms with van der Waals surface area (Å²) in [6, 6.07) is 0. The van der Waals surface area contributed by atoms with Gasteiger partial charge < -0.3 is 5.32 Å². The molecule has 0 radical (unpaired) electrons. The second kappa shape index (κ2) is 5.53. The molecule has 1 aliphatic carbocycles. The van der Waals surface area contributed by atoms with Gasteiger partial charge in [-0.25, -0.2) is 0 Å². The predicted molar refractivity (Wildman–Crippen MR) is 72.7 cm³/mol. The molecular formula is C15H31N. The van der Waals surface area contributed by atoms with E-state index >= 15 is 0 Å². The van der Waals surface area contributed by atoms with E-state index in [1.807, 2.05) is 0 Å². The molecule has 1 N–H and O–H groups in total. The van der Waals surface area contributed by atoms with Gasteiger partial charge in [-0.05, 0) is 55.4 Å². The van der Waals surface area contributed by atoms with Crippen LogP contribution < -0.4 is 5.32 Å². The van der Waals surface area contributed by atoms with Gasteiger partial charge in [0.25, 0.3) is 0 Å². The first kappa shape index (κ1) is 14.0. The Bertz CT molecular complexity index is 200. The van der Waals surface area contributed by atoms with E-state index in [9.17, 15) is 0 Å². The summed E-state index contributed by atoms with van der Waals surface area (Å²) in [5.74, 6) is 0.999. The topological polar surface area (TPSA) is 12.0 Å². The van der Waals surface area contributed by atoms with Crippen molar-refractivity contribution in [2.75, 3.05) is 13.1 Å². The van der Waals surface area contributed by atoms with Crippen molar-refractivity contribution in [3.05, 3.63) is 0 Å². The first-order valence-electron chi connectivity index (χ1n) is 7.08. The molecule has 0 aromatic carbocycles. The Morgan fingerprint density at radius 3 is 2.12 bits per heavy atom. The van der Waals surface area contributed by atoms with Crippen LogP contribution >= 0.6 is 0 Å². The summed E-state index contributed by atoms with van der Waals surface area (Å²) in [5.41, 5.74) is 1.04. The molecule has 0 amide bonds. The molecule has 0 aromatic heterocycles. The van der Waals surface area contributed by atoms with Gasteiger partial charge in [-0.1, -0.05) is 34.6 Å². The largest absolute Gasteiger partial charge is 0.316 e. The Hall–Kier alpha value is -0.0400. The third-order valence-corrected chi connectivity index (χ3v) is 3.96. The fraction of sp³-hybridized carbons (Fsp3) is 1.00. The van der Waals surface area contributed by atoms with Gasteiger partial charge in [0.2, 0.25) is 0 Å². The van der Waals surface area contributed by atoms with Crippen molar-refractivity contribution in [1.82, 2.24) is 5.32 Å². The molecule has 1 unspecified atom stereocenters. The third-order valence-electron chi connectivity index (χ3n) is 3.96. The van der Waals surface area contributed by atoms with E-state index in [2.05, 4.69) is 39.9 Å². The van der Waals surface area contributed by atoms with E-state index in [1.165, 1.54) is 45.2 Å².